The van der Waals surface area contributed by atoms with E-state index in [1.165, 1.54) is 5.56 Å². The van der Waals surface area contributed by atoms with Gasteiger partial charge in [-0.05, 0) is 18.3 Å². The molecule has 0 saturated carbocycles. The Morgan fingerprint density at radius 1 is 1.21 bits per heavy atom. The molecule has 1 N–H and O–H groups in total. The molecule has 0 bridgehead atoms. The zero-order valence-corrected chi connectivity index (χ0v) is 13.2. The van der Waals surface area contributed by atoms with E-state index in [1.807, 2.05) is 0 Å². The lowest BCUT2D eigenvalue weighted by Gasteiger charge is -2.29. The maximum Gasteiger partial charge on any atom is 0.137 e. The van der Waals surface area contributed by atoms with E-state index in [9.17, 15) is 0 Å². The fourth-order valence-corrected chi connectivity index (χ4v) is 2.24. The third-order valence-corrected chi connectivity index (χ3v) is 2.89. The molecule has 4 nitrogen and oxygen atoms in total. The summed E-state index contributed by atoms with van der Waals surface area (Å²) in [6.45, 7) is 13.0. The molecule has 0 unspecified atom stereocenters. The predicted molar refractivity (Wildman–Crippen MR) is 82.9 cm³/mol. The highest BCUT2D eigenvalue weighted by molar-refractivity contribution is 5.58. The number of nitrogens with zero attached hydrogens (tertiary/aromatic N) is 3. The first kappa shape index (κ1) is 15.7. The SMILES string of the molecule is CCCNc1ncnc(N(C)CC(C)(C)C)c1CC. The zero-order chi connectivity index (χ0) is 14.5. The summed E-state index contributed by atoms with van der Waals surface area (Å²) in [6, 6.07) is 0. The molecule has 1 aromatic heterocycles. The molecule has 1 rings (SSSR count). The van der Waals surface area contributed by atoms with Gasteiger partial charge in [-0.25, -0.2) is 9.97 Å². The first-order valence-electron chi connectivity index (χ1n) is 7.18. The number of aromatic nitrogens is 2. The second-order valence-electron chi connectivity index (χ2n) is 6.22. The lowest BCUT2D eigenvalue weighted by Crippen LogP contribution is -2.30. The van der Waals surface area contributed by atoms with Crippen LogP contribution < -0.4 is 10.2 Å². The third kappa shape index (κ3) is 4.69. The summed E-state index contributed by atoms with van der Waals surface area (Å²) >= 11 is 0. The summed E-state index contributed by atoms with van der Waals surface area (Å²) in [6.07, 6.45) is 3.70. The van der Waals surface area contributed by atoms with Crippen LogP contribution in [0.1, 0.15) is 46.6 Å². The topological polar surface area (TPSA) is 41.1 Å². The van der Waals surface area contributed by atoms with Crippen LogP contribution in [0.5, 0.6) is 0 Å². The molecule has 0 aliphatic rings. The molecule has 0 atom stereocenters. The lowest BCUT2D eigenvalue weighted by atomic mass is 9.96. The van der Waals surface area contributed by atoms with E-state index in [4.69, 9.17) is 0 Å². The smallest absolute Gasteiger partial charge is 0.137 e. The summed E-state index contributed by atoms with van der Waals surface area (Å²) < 4.78 is 0. The second-order valence-corrected chi connectivity index (χ2v) is 6.22. The summed E-state index contributed by atoms with van der Waals surface area (Å²) in [4.78, 5) is 11.1. The van der Waals surface area contributed by atoms with Gasteiger partial charge in [-0.15, -0.1) is 0 Å². The van der Waals surface area contributed by atoms with Crippen molar-refractivity contribution in [3.63, 3.8) is 0 Å². The van der Waals surface area contributed by atoms with Crippen molar-refractivity contribution in [2.24, 2.45) is 5.41 Å². The van der Waals surface area contributed by atoms with Crippen LogP contribution in [0.25, 0.3) is 0 Å². The second kappa shape index (κ2) is 6.73. The van der Waals surface area contributed by atoms with E-state index in [1.54, 1.807) is 6.33 Å². The van der Waals surface area contributed by atoms with Crippen LogP contribution in [-0.2, 0) is 6.42 Å². The summed E-state index contributed by atoms with van der Waals surface area (Å²) in [7, 11) is 2.11. The molecular weight excluding hydrogens is 236 g/mol. The molecule has 0 aliphatic heterocycles. The molecule has 0 aliphatic carbocycles. The van der Waals surface area contributed by atoms with Crippen LogP contribution in [0, 0.1) is 5.41 Å². The summed E-state index contributed by atoms with van der Waals surface area (Å²) in [5.41, 5.74) is 1.46. The van der Waals surface area contributed by atoms with Gasteiger partial charge in [-0.1, -0.05) is 34.6 Å². The molecule has 0 radical (unpaired) electrons. The quantitative estimate of drug-likeness (QED) is 0.855. The van der Waals surface area contributed by atoms with E-state index in [0.29, 0.717) is 0 Å². The summed E-state index contributed by atoms with van der Waals surface area (Å²) in [5, 5.41) is 3.39. The standard InChI is InChI=1S/C15H28N4/c1-7-9-16-13-12(8-2)14(18-11-17-13)19(6)10-15(3,4)5/h11H,7-10H2,1-6H3,(H,16,17,18). The molecule has 0 spiro atoms. The average Bonchev–Trinajstić information content (AvgIpc) is 2.33. The monoisotopic (exact) mass is 264 g/mol. The Labute approximate surface area is 117 Å². The van der Waals surface area contributed by atoms with Gasteiger partial charge in [0.2, 0.25) is 0 Å². The molecule has 0 fully saturated rings. The summed E-state index contributed by atoms with van der Waals surface area (Å²) in [5.74, 6) is 2.03. The van der Waals surface area contributed by atoms with Crippen LogP contribution in [0.4, 0.5) is 11.6 Å². The molecule has 1 heterocycles. The van der Waals surface area contributed by atoms with Gasteiger partial charge in [0.05, 0.1) is 0 Å². The van der Waals surface area contributed by atoms with Gasteiger partial charge in [-0.3, -0.25) is 0 Å². The van der Waals surface area contributed by atoms with Crippen LogP contribution in [-0.4, -0.2) is 30.1 Å². The molecule has 0 amide bonds. The largest absolute Gasteiger partial charge is 0.370 e. The first-order chi connectivity index (χ1) is 8.89. The Morgan fingerprint density at radius 3 is 2.42 bits per heavy atom. The van der Waals surface area contributed by atoms with Crippen molar-refractivity contribution in [2.75, 3.05) is 30.4 Å². The number of rotatable bonds is 6. The molecule has 0 saturated heterocycles. The molecule has 19 heavy (non-hydrogen) atoms. The lowest BCUT2D eigenvalue weighted by molar-refractivity contribution is 0.417. The van der Waals surface area contributed by atoms with E-state index >= 15 is 0 Å². The van der Waals surface area contributed by atoms with Crippen LogP contribution in [0.15, 0.2) is 6.33 Å². The fraction of sp³-hybridized carbons (Fsp3) is 0.733. The van der Waals surface area contributed by atoms with Gasteiger partial charge in [0, 0.05) is 25.7 Å². The van der Waals surface area contributed by atoms with E-state index < -0.39 is 0 Å². The molecule has 4 heteroatoms. The van der Waals surface area contributed by atoms with Gasteiger partial charge in [0.1, 0.15) is 18.0 Å². The third-order valence-electron chi connectivity index (χ3n) is 2.89. The predicted octanol–water partition coefficient (Wildman–Crippen LogP) is 3.34. The van der Waals surface area contributed by atoms with Gasteiger partial charge in [-0.2, -0.15) is 0 Å². The Hall–Kier alpha value is -1.32. The minimum Gasteiger partial charge on any atom is -0.370 e. The average molecular weight is 264 g/mol. The maximum absolute atomic E-state index is 4.48. The number of hydrogen-bond donors (Lipinski definition) is 1. The Bertz CT molecular complexity index is 396. The highest BCUT2D eigenvalue weighted by atomic mass is 15.2. The van der Waals surface area contributed by atoms with Gasteiger partial charge >= 0.3 is 0 Å². The van der Waals surface area contributed by atoms with Gasteiger partial charge in [0.15, 0.2) is 0 Å². The van der Waals surface area contributed by atoms with E-state index in [2.05, 4.69) is 61.9 Å². The van der Waals surface area contributed by atoms with Gasteiger partial charge in [0.25, 0.3) is 0 Å². The van der Waals surface area contributed by atoms with Gasteiger partial charge < -0.3 is 10.2 Å². The van der Waals surface area contributed by atoms with Crippen molar-refractivity contribution >= 4 is 11.6 Å². The molecular formula is C15H28N4. The number of hydrogen-bond acceptors (Lipinski definition) is 4. The highest BCUT2D eigenvalue weighted by Crippen LogP contribution is 2.26. The number of nitrogens with one attached hydrogen (secondary N) is 1. The van der Waals surface area contributed by atoms with E-state index in [-0.39, 0.29) is 5.41 Å². The molecule has 0 aromatic carbocycles. The fourth-order valence-electron chi connectivity index (χ4n) is 2.24. The Kier molecular flexibility index (Phi) is 5.58. The van der Waals surface area contributed by atoms with Crippen molar-refractivity contribution in [1.29, 1.82) is 0 Å². The first-order valence-corrected chi connectivity index (χ1v) is 7.18. The minimum atomic E-state index is 0.252. The Balaban J connectivity index is 2.99. The van der Waals surface area contributed by atoms with Crippen molar-refractivity contribution in [3.05, 3.63) is 11.9 Å². The van der Waals surface area contributed by atoms with Crippen molar-refractivity contribution in [1.82, 2.24) is 9.97 Å². The minimum absolute atomic E-state index is 0.252. The maximum atomic E-state index is 4.48. The van der Waals surface area contributed by atoms with E-state index in [0.717, 1.165) is 37.6 Å². The highest BCUT2D eigenvalue weighted by Gasteiger charge is 2.18. The van der Waals surface area contributed by atoms with Crippen molar-refractivity contribution < 1.29 is 0 Å². The zero-order valence-electron chi connectivity index (χ0n) is 13.2. The normalized spacial score (nSPS) is 11.5. The van der Waals surface area contributed by atoms with Crippen LogP contribution >= 0.6 is 0 Å². The van der Waals surface area contributed by atoms with Crippen molar-refractivity contribution in [2.45, 2.75) is 47.5 Å². The van der Waals surface area contributed by atoms with Crippen LogP contribution in [0.3, 0.4) is 0 Å². The molecule has 1 aromatic rings. The Morgan fingerprint density at radius 2 is 1.89 bits per heavy atom. The number of anilines is 2. The van der Waals surface area contributed by atoms with Crippen LogP contribution in [0.2, 0.25) is 0 Å². The van der Waals surface area contributed by atoms with Crippen molar-refractivity contribution in [3.8, 4) is 0 Å². The molecule has 108 valence electrons.